The normalized spacial score (nSPS) is 18.4. The first-order valence-electron chi connectivity index (χ1n) is 13.1. The summed E-state index contributed by atoms with van der Waals surface area (Å²) in [4.78, 5) is 46.9. The smallest absolute Gasteiger partial charge is 0.272 e. The van der Waals surface area contributed by atoms with Gasteiger partial charge in [-0.15, -0.1) is 0 Å². The molecule has 0 unspecified atom stereocenters. The van der Waals surface area contributed by atoms with Crippen LogP contribution in [0, 0.1) is 0 Å². The number of carbonyl (C=O) groups excluding carboxylic acids is 3. The number of anilines is 1. The predicted molar refractivity (Wildman–Crippen MR) is 144 cm³/mol. The van der Waals surface area contributed by atoms with E-state index in [0.29, 0.717) is 67.3 Å². The minimum Gasteiger partial charge on any atom is -0.496 e. The lowest BCUT2D eigenvalue weighted by atomic mass is 9.82. The molecule has 10 nitrogen and oxygen atoms in total. The molecular formula is C29H30N4O6. The molecule has 2 amide bonds. The molecule has 1 spiro atoms. The molecule has 2 aromatic carbocycles. The van der Waals surface area contributed by atoms with Gasteiger partial charge in [-0.25, -0.2) is 4.98 Å². The lowest BCUT2D eigenvalue weighted by Crippen LogP contribution is -2.52. The van der Waals surface area contributed by atoms with Gasteiger partial charge in [0.1, 0.15) is 34.1 Å². The number of aromatic nitrogens is 1. The monoisotopic (exact) mass is 530 g/mol. The summed E-state index contributed by atoms with van der Waals surface area (Å²) in [5.74, 6) is 1.47. The molecule has 1 N–H and O–H groups in total. The summed E-state index contributed by atoms with van der Waals surface area (Å²) in [7, 11) is 3.13. The van der Waals surface area contributed by atoms with Crippen molar-refractivity contribution in [2.45, 2.75) is 24.9 Å². The number of Topliss-reactive ketones (excluding diaryl/α,β-unsaturated/α-hetero) is 1. The van der Waals surface area contributed by atoms with Crippen molar-refractivity contribution in [3.63, 3.8) is 0 Å². The molecule has 3 aliphatic heterocycles. The molecule has 1 aromatic heterocycles. The van der Waals surface area contributed by atoms with Crippen LogP contribution in [0.15, 0.2) is 42.5 Å². The van der Waals surface area contributed by atoms with Crippen LogP contribution in [0.2, 0.25) is 0 Å². The van der Waals surface area contributed by atoms with Crippen LogP contribution in [0.25, 0.3) is 10.9 Å². The SMILES string of the molecule is COc1cc(C(=O)N2CCC3(CC2)CC(=O)c2cc(N4CCNC(=O)C4)ccc2O3)nc2c(OC)cccc12. The van der Waals surface area contributed by atoms with Crippen LogP contribution >= 0.6 is 0 Å². The molecule has 0 bridgehead atoms. The highest BCUT2D eigenvalue weighted by molar-refractivity contribution is 6.02. The molecule has 2 saturated heterocycles. The number of likely N-dealkylation sites (tertiary alicyclic amines) is 1. The second-order valence-corrected chi connectivity index (χ2v) is 10.2. The van der Waals surface area contributed by atoms with Crippen molar-refractivity contribution in [1.82, 2.24) is 15.2 Å². The number of nitrogens with one attached hydrogen (secondary N) is 1. The van der Waals surface area contributed by atoms with E-state index in [1.54, 1.807) is 31.3 Å². The first kappa shape index (κ1) is 25.0. The van der Waals surface area contributed by atoms with Gasteiger partial charge in [-0.05, 0) is 30.3 Å². The summed E-state index contributed by atoms with van der Waals surface area (Å²) < 4.78 is 17.4. The van der Waals surface area contributed by atoms with Crippen LogP contribution in [0.5, 0.6) is 17.2 Å². The Morgan fingerprint density at radius 3 is 2.56 bits per heavy atom. The molecule has 0 saturated carbocycles. The molecule has 3 aliphatic rings. The highest BCUT2D eigenvalue weighted by atomic mass is 16.5. The van der Waals surface area contributed by atoms with E-state index in [2.05, 4.69) is 10.3 Å². The average Bonchev–Trinajstić information content (AvgIpc) is 2.96. The first-order valence-corrected chi connectivity index (χ1v) is 13.1. The molecule has 0 atom stereocenters. The molecule has 10 heteroatoms. The molecule has 202 valence electrons. The summed E-state index contributed by atoms with van der Waals surface area (Å²) in [6.07, 6.45) is 1.32. The van der Waals surface area contributed by atoms with Crippen molar-refractivity contribution in [2.75, 3.05) is 51.8 Å². The number of ketones is 1. The van der Waals surface area contributed by atoms with E-state index in [-0.39, 0.29) is 36.3 Å². The number of methoxy groups -OCH3 is 2. The minimum atomic E-state index is -0.648. The largest absolute Gasteiger partial charge is 0.496 e. The number of hydrogen-bond donors (Lipinski definition) is 1. The van der Waals surface area contributed by atoms with Crippen molar-refractivity contribution in [3.8, 4) is 17.2 Å². The number of benzene rings is 2. The number of ether oxygens (including phenoxy) is 3. The van der Waals surface area contributed by atoms with Crippen molar-refractivity contribution in [1.29, 1.82) is 0 Å². The quantitative estimate of drug-likeness (QED) is 0.549. The van der Waals surface area contributed by atoms with Gasteiger partial charge in [-0.3, -0.25) is 14.4 Å². The van der Waals surface area contributed by atoms with Gasteiger partial charge in [0.05, 0.1) is 32.7 Å². The number of amides is 2. The fourth-order valence-corrected chi connectivity index (χ4v) is 5.73. The maximum Gasteiger partial charge on any atom is 0.272 e. The molecule has 0 radical (unpaired) electrons. The Labute approximate surface area is 225 Å². The van der Waals surface area contributed by atoms with Gasteiger partial charge in [0.2, 0.25) is 5.91 Å². The minimum absolute atomic E-state index is 0.0207. The fraction of sp³-hybridized carbons (Fsp3) is 0.379. The van der Waals surface area contributed by atoms with Crippen LogP contribution in [0.1, 0.15) is 40.1 Å². The van der Waals surface area contributed by atoms with E-state index in [9.17, 15) is 14.4 Å². The number of rotatable bonds is 4. The Morgan fingerprint density at radius 1 is 1.03 bits per heavy atom. The third-order valence-electron chi connectivity index (χ3n) is 7.86. The number of pyridine rings is 1. The second-order valence-electron chi connectivity index (χ2n) is 10.2. The summed E-state index contributed by atoms with van der Waals surface area (Å²) in [5, 5.41) is 3.59. The maximum absolute atomic E-state index is 13.5. The first-order chi connectivity index (χ1) is 18.9. The molecule has 39 heavy (non-hydrogen) atoms. The number of para-hydroxylation sites is 1. The van der Waals surface area contributed by atoms with Crippen LogP contribution in [-0.4, -0.2) is 80.0 Å². The zero-order chi connectivity index (χ0) is 27.1. The summed E-state index contributed by atoms with van der Waals surface area (Å²) >= 11 is 0. The van der Waals surface area contributed by atoms with Crippen molar-refractivity contribution < 1.29 is 28.6 Å². The standard InChI is InChI=1S/C29H30N4O6/c1-37-24-5-3-4-19-25(38-2)15-21(31-27(19)24)28(36)32-11-8-29(9-12-32)16-22(34)20-14-18(6-7-23(20)39-29)33-13-10-30-26(35)17-33/h3-7,14-15H,8-13,16-17H2,1-2H3,(H,30,35). The van der Waals surface area contributed by atoms with Gasteiger partial charge in [0, 0.05) is 56.2 Å². The van der Waals surface area contributed by atoms with Gasteiger partial charge in [-0.2, -0.15) is 0 Å². The Hall–Kier alpha value is -4.34. The van der Waals surface area contributed by atoms with Crippen LogP contribution in [-0.2, 0) is 4.79 Å². The molecule has 0 aliphatic carbocycles. The Balaban J connectivity index is 1.18. The van der Waals surface area contributed by atoms with E-state index in [1.807, 2.05) is 35.2 Å². The summed E-state index contributed by atoms with van der Waals surface area (Å²) in [5.41, 5.74) is 1.59. The zero-order valence-electron chi connectivity index (χ0n) is 22.0. The second kappa shape index (κ2) is 9.76. The number of nitrogens with zero attached hydrogens (tertiary/aromatic N) is 3. The number of piperazine rings is 1. The average molecular weight is 531 g/mol. The van der Waals surface area contributed by atoms with Crippen LogP contribution in [0.4, 0.5) is 5.69 Å². The van der Waals surface area contributed by atoms with E-state index in [1.165, 1.54) is 0 Å². The summed E-state index contributed by atoms with van der Waals surface area (Å²) in [6.45, 7) is 2.42. The number of piperidine rings is 1. The fourth-order valence-electron chi connectivity index (χ4n) is 5.73. The van der Waals surface area contributed by atoms with Crippen molar-refractivity contribution in [3.05, 3.63) is 53.7 Å². The van der Waals surface area contributed by atoms with Crippen LogP contribution < -0.4 is 24.4 Å². The maximum atomic E-state index is 13.5. The van der Waals surface area contributed by atoms with Crippen molar-refractivity contribution in [2.24, 2.45) is 0 Å². The highest BCUT2D eigenvalue weighted by Crippen LogP contribution is 2.41. The Morgan fingerprint density at radius 2 is 1.82 bits per heavy atom. The van der Waals surface area contributed by atoms with E-state index in [4.69, 9.17) is 14.2 Å². The summed E-state index contributed by atoms with van der Waals surface area (Å²) in [6, 6.07) is 12.7. The van der Waals surface area contributed by atoms with Gasteiger partial charge in [0.15, 0.2) is 5.78 Å². The van der Waals surface area contributed by atoms with Gasteiger partial charge in [-0.1, -0.05) is 6.07 Å². The topological polar surface area (TPSA) is 110 Å². The molecular weight excluding hydrogens is 500 g/mol. The van der Waals surface area contributed by atoms with E-state index >= 15 is 0 Å². The van der Waals surface area contributed by atoms with E-state index < -0.39 is 5.60 Å². The molecule has 4 heterocycles. The van der Waals surface area contributed by atoms with Gasteiger partial charge < -0.3 is 29.3 Å². The zero-order valence-corrected chi connectivity index (χ0v) is 22.0. The third kappa shape index (κ3) is 4.49. The number of hydrogen-bond acceptors (Lipinski definition) is 8. The molecule has 2 fully saturated rings. The third-order valence-corrected chi connectivity index (χ3v) is 7.86. The van der Waals surface area contributed by atoms with Gasteiger partial charge in [0.25, 0.3) is 5.91 Å². The molecule has 6 rings (SSSR count). The number of fused-ring (bicyclic) bond motifs is 2. The Kier molecular flexibility index (Phi) is 6.25. The highest BCUT2D eigenvalue weighted by Gasteiger charge is 2.44. The lowest BCUT2D eigenvalue weighted by molar-refractivity contribution is -0.120. The van der Waals surface area contributed by atoms with Gasteiger partial charge >= 0.3 is 0 Å². The van der Waals surface area contributed by atoms with Crippen molar-refractivity contribution >= 4 is 34.2 Å². The molecule has 3 aromatic rings. The number of carbonyl (C=O) groups is 3. The predicted octanol–water partition coefficient (Wildman–Crippen LogP) is 2.83. The lowest BCUT2D eigenvalue weighted by Gasteiger charge is -2.44. The Bertz CT molecular complexity index is 1480. The van der Waals surface area contributed by atoms with E-state index in [0.717, 1.165) is 11.1 Å². The van der Waals surface area contributed by atoms with Crippen LogP contribution in [0.3, 0.4) is 0 Å².